The predicted molar refractivity (Wildman–Crippen MR) is 42.6 cm³/mol. The van der Waals surface area contributed by atoms with Gasteiger partial charge in [0.15, 0.2) is 0 Å². The van der Waals surface area contributed by atoms with Gasteiger partial charge in [-0.3, -0.25) is 4.79 Å². The number of isocyanates is 1. The Morgan fingerprint density at radius 2 is 2.17 bits per heavy atom. The van der Waals surface area contributed by atoms with Crippen LogP contribution >= 0.6 is 0 Å². The molecule has 0 spiro atoms. The first-order valence-corrected chi connectivity index (χ1v) is 3.55. The SMILES string of the molecule is CCCCO.O=C=NCC(=O)O. The smallest absolute Gasteiger partial charge is 0.326 e. The van der Waals surface area contributed by atoms with E-state index in [9.17, 15) is 4.79 Å². The third kappa shape index (κ3) is 23.2. The minimum Gasteiger partial charge on any atom is -0.480 e. The van der Waals surface area contributed by atoms with Crippen molar-refractivity contribution in [2.24, 2.45) is 4.99 Å². The van der Waals surface area contributed by atoms with Crippen LogP contribution in [0.4, 0.5) is 0 Å². The normalized spacial score (nSPS) is 7.50. The summed E-state index contributed by atoms with van der Waals surface area (Å²) in [5, 5.41) is 15.8. The maximum absolute atomic E-state index is 9.49. The summed E-state index contributed by atoms with van der Waals surface area (Å²) in [5.74, 6) is -1.12. The molecule has 12 heavy (non-hydrogen) atoms. The number of aliphatic hydroxyl groups is 1. The number of carboxylic acid groups (broad SMARTS) is 1. The number of unbranched alkanes of at least 4 members (excludes halogenated alkanes) is 1. The second-order valence-corrected chi connectivity index (χ2v) is 1.88. The molecule has 0 bridgehead atoms. The summed E-state index contributed by atoms with van der Waals surface area (Å²) in [6.07, 6.45) is 3.13. The quantitative estimate of drug-likeness (QED) is 0.471. The van der Waals surface area contributed by atoms with Crippen molar-refractivity contribution in [3.05, 3.63) is 0 Å². The Bertz CT molecular complexity index is 149. The Hall–Kier alpha value is -1.19. The molecule has 2 N–H and O–H groups in total. The van der Waals surface area contributed by atoms with E-state index in [2.05, 4.69) is 11.9 Å². The molecular formula is C7H13NO4. The molecule has 0 aromatic heterocycles. The number of rotatable bonds is 4. The third-order valence-corrected chi connectivity index (χ3v) is 0.791. The van der Waals surface area contributed by atoms with Gasteiger partial charge in [-0.2, -0.15) is 4.99 Å². The Labute approximate surface area is 70.7 Å². The molecule has 70 valence electrons. The van der Waals surface area contributed by atoms with E-state index >= 15 is 0 Å². The first-order chi connectivity index (χ1) is 5.68. The third-order valence-electron chi connectivity index (χ3n) is 0.791. The maximum Gasteiger partial charge on any atom is 0.326 e. The summed E-state index contributed by atoms with van der Waals surface area (Å²) >= 11 is 0. The van der Waals surface area contributed by atoms with E-state index in [1.54, 1.807) is 0 Å². The molecule has 0 aliphatic heterocycles. The summed E-state index contributed by atoms with van der Waals surface area (Å²) < 4.78 is 0. The molecule has 5 heteroatoms. The number of aliphatic imine (C=N–C) groups is 1. The van der Waals surface area contributed by atoms with Gasteiger partial charge in [-0.1, -0.05) is 13.3 Å². The molecule has 0 radical (unpaired) electrons. The zero-order valence-corrected chi connectivity index (χ0v) is 6.99. The number of hydrogen-bond donors (Lipinski definition) is 2. The van der Waals surface area contributed by atoms with E-state index in [-0.39, 0.29) is 0 Å². The molecule has 0 saturated carbocycles. The first kappa shape index (κ1) is 13.4. The zero-order valence-electron chi connectivity index (χ0n) is 6.99. The zero-order chi connectivity index (χ0) is 9.82. The molecule has 0 aromatic rings. The fourth-order valence-corrected chi connectivity index (χ4v) is 0.258. The molecule has 0 amide bonds. The Morgan fingerprint density at radius 1 is 1.58 bits per heavy atom. The molecule has 0 rings (SSSR count). The van der Waals surface area contributed by atoms with E-state index in [4.69, 9.17) is 15.0 Å². The van der Waals surface area contributed by atoms with Gasteiger partial charge < -0.3 is 10.2 Å². The monoisotopic (exact) mass is 175 g/mol. The van der Waals surface area contributed by atoms with Crippen LogP contribution in [0.3, 0.4) is 0 Å². The average Bonchev–Trinajstić information content (AvgIpc) is 2.03. The highest BCUT2D eigenvalue weighted by Gasteiger charge is 1.87. The summed E-state index contributed by atoms with van der Waals surface area (Å²) in [4.78, 5) is 21.4. The number of aliphatic carboxylic acids is 1. The molecule has 0 atom stereocenters. The van der Waals surface area contributed by atoms with Gasteiger partial charge in [-0.15, -0.1) is 0 Å². The largest absolute Gasteiger partial charge is 0.480 e. The summed E-state index contributed by atoms with van der Waals surface area (Å²) in [5.41, 5.74) is 0. The molecule has 0 fully saturated rings. The van der Waals surface area contributed by atoms with Crippen molar-refractivity contribution in [2.75, 3.05) is 13.2 Å². The fourth-order valence-electron chi connectivity index (χ4n) is 0.258. The van der Waals surface area contributed by atoms with E-state index in [1.807, 2.05) is 0 Å². The lowest BCUT2D eigenvalue weighted by Gasteiger charge is -1.79. The first-order valence-electron chi connectivity index (χ1n) is 3.55. The van der Waals surface area contributed by atoms with Gasteiger partial charge in [0.1, 0.15) is 6.54 Å². The Morgan fingerprint density at radius 3 is 2.25 bits per heavy atom. The summed E-state index contributed by atoms with van der Waals surface area (Å²) in [7, 11) is 0. The van der Waals surface area contributed by atoms with Gasteiger partial charge >= 0.3 is 5.97 Å². The minimum absolute atomic E-state index is 0.344. The van der Waals surface area contributed by atoms with Crippen LogP contribution in [0.5, 0.6) is 0 Å². The maximum atomic E-state index is 9.49. The van der Waals surface area contributed by atoms with Gasteiger partial charge in [-0.25, -0.2) is 4.79 Å². The second-order valence-electron chi connectivity index (χ2n) is 1.88. The van der Waals surface area contributed by atoms with Crippen LogP contribution in [0.2, 0.25) is 0 Å². The Kier molecular flexibility index (Phi) is 13.9. The molecule has 0 saturated heterocycles. The number of carbonyl (C=O) groups excluding carboxylic acids is 1. The number of hydrogen-bond acceptors (Lipinski definition) is 4. The van der Waals surface area contributed by atoms with Crippen LogP contribution < -0.4 is 0 Å². The number of aliphatic hydroxyl groups excluding tert-OH is 1. The lowest BCUT2D eigenvalue weighted by molar-refractivity contribution is -0.135. The van der Waals surface area contributed by atoms with Crippen LogP contribution in [0, 0.1) is 0 Å². The van der Waals surface area contributed by atoms with E-state index in [0.29, 0.717) is 6.61 Å². The number of nitrogens with zero attached hydrogens (tertiary/aromatic N) is 1. The van der Waals surface area contributed by atoms with Crippen molar-refractivity contribution in [3.8, 4) is 0 Å². The van der Waals surface area contributed by atoms with Crippen molar-refractivity contribution in [2.45, 2.75) is 19.8 Å². The second kappa shape index (κ2) is 12.5. The average molecular weight is 175 g/mol. The molecule has 0 unspecified atom stereocenters. The molecular weight excluding hydrogens is 162 g/mol. The molecule has 5 nitrogen and oxygen atoms in total. The van der Waals surface area contributed by atoms with Gasteiger partial charge in [0.25, 0.3) is 0 Å². The van der Waals surface area contributed by atoms with Crippen molar-refractivity contribution >= 4 is 12.0 Å². The van der Waals surface area contributed by atoms with E-state index in [1.165, 1.54) is 0 Å². The van der Waals surface area contributed by atoms with Crippen LogP contribution in [0.25, 0.3) is 0 Å². The standard InChI is InChI=1S/C4H10O.C3H3NO3/c1-2-3-4-5;5-2-4-1-3(6)7/h5H,2-4H2,1H3;1H2,(H,6,7). The summed E-state index contributed by atoms with van der Waals surface area (Å²) in [6, 6.07) is 0. The van der Waals surface area contributed by atoms with Crippen molar-refractivity contribution in [1.29, 1.82) is 0 Å². The minimum atomic E-state index is -1.12. The van der Waals surface area contributed by atoms with Crippen LogP contribution in [0.15, 0.2) is 4.99 Å². The van der Waals surface area contributed by atoms with Crippen LogP contribution in [-0.4, -0.2) is 35.4 Å². The Balaban J connectivity index is 0. The fraction of sp³-hybridized carbons (Fsp3) is 0.714. The molecule has 0 aliphatic carbocycles. The summed E-state index contributed by atoms with van der Waals surface area (Å²) in [6.45, 7) is 1.91. The number of carbonyl (C=O) groups is 1. The highest BCUT2D eigenvalue weighted by Crippen LogP contribution is 1.78. The molecule has 0 aliphatic rings. The van der Waals surface area contributed by atoms with Gasteiger partial charge in [-0.05, 0) is 6.42 Å². The van der Waals surface area contributed by atoms with Gasteiger partial charge in [0, 0.05) is 6.61 Å². The van der Waals surface area contributed by atoms with Gasteiger partial charge in [0.2, 0.25) is 6.08 Å². The lowest BCUT2D eigenvalue weighted by Crippen LogP contribution is -1.97. The van der Waals surface area contributed by atoms with E-state index < -0.39 is 12.5 Å². The van der Waals surface area contributed by atoms with Crippen molar-refractivity contribution in [1.82, 2.24) is 0 Å². The molecule has 0 aromatic carbocycles. The predicted octanol–water partition coefficient (Wildman–Crippen LogP) is 0.186. The van der Waals surface area contributed by atoms with Gasteiger partial charge in [0.05, 0.1) is 0 Å². The highest BCUT2D eigenvalue weighted by molar-refractivity contribution is 5.70. The van der Waals surface area contributed by atoms with Crippen molar-refractivity contribution < 1.29 is 19.8 Å². The number of carboxylic acids is 1. The van der Waals surface area contributed by atoms with E-state index in [0.717, 1.165) is 18.9 Å². The van der Waals surface area contributed by atoms with Crippen LogP contribution in [-0.2, 0) is 9.59 Å². The lowest BCUT2D eigenvalue weighted by atomic mass is 10.4. The van der Waals surface area contributed by atoms with Crippen molar-refractivity contribution in [3.63, 3.8) is 0 Å². The molecule has 0 heterocycles. The highest BCUT2D eigenvalue weighted by atomic mass is 16.4. The van der Waals surface area contributed by atoms with Crippen LogP contribution in [0.1, 0.15) is 19.8 Å². The topological polar surface area (TPSA) is 87.0 Å².